The fraction of sp³-hybridized carbons (Fsp3) is 0.706. The maximum Gasteiger partial charge on any atom is 0.225 e. The van der Waals surface area contributed by atoms with Crippen LogP contribution in [0.1, 0.15) is 31.4 Å². The Morgan fingerprint density at radius 2 is 2.08 bits per heavy atom. The second-order valence-corrected chi connectivity index (χ2v) is 8.71. The van der Waals surface area contributed by atoms with Crippen LogP contribution in [-0.2, 0) is 26.1 Å². The van der Waals surface area contributed by atoms with Crippen LogP contribution in [0.4, 0.5) is 0 Å². The summed E-state index contributed by atoms with van der Waals surface area (Å²) in [6.07, 6.45) is 4.74. The Kier molecular flexibility index (Phi) is 6.14. The van der Waals surface area contributed by atoms with Crippen LogP contribution in [0, 0.1) is 11.8 Å². The zero-order chi connectivity index (χ0) is 17.7. The van der Waals surface area contributed by atoms with E-state index in [2.05, 4.69) is 4.72 Å². The minimum absolute atomic E-state index is 0.0216. The lowest BCUT2D eigenvalue weighted by atomic mass is 9.95. The Morgan fingerprint density at radius 1 is 1.28 bits per heavy atom. The lowest BCUT2D eigenvalue weighted by Gasteiger charge is -2.35. The number of sulfonamides is 1. The molecular weight excluding hydrogens is 344 g/mol. The van der Waals surface area contributed by atoms with Gasteiger partial charge in [0.1, 0.15) is 5.76 Å². The number of hydrogen-bond acceptors (Lipinski definition) is 5. The summed E-state index contributed by atoms with van der Waals surface area (Å²) in [7, 11) is -3.40. The third-order valence-corrected chi connectivity index (χ3v) is 6.40. The summed E-state index contributed by atoms with van der Waals surface area (Å²) >= 11 is 0. The number of carbonyl (C=O) groups excluding carboxylic acids is 1. The number of ether oxygens (including phenoxy) is 1. The van der Waals surface area contributed by atoms with Crippen molar-refractivity contribution in [2.45, 2.75) is 32.2 Å². The third kappa shape index (κ3) is 5.29. The number of nitrogens with one attached hydrogen (secondary N) is 1. The molecule has 0 aromatic carbocycles. The molecule has 7 nitrogen and oxygen atoms in total. The molecule has 1 amide bonds. The first kappa shape index (κ1) is 18.4. The van der Waals surface area contributed by atoms with E-state index in [-0.39, 0.29) is 30.0 Å². The van der Waals surface area contributed by atoms with Crippen molar-refractivity contribution in [1.82, 2.24) is 9.62 Å². The van der Waals surface area contributed by atoms with Gasteiger partial charge in [-0.05, 0) is 43.7 Å². The van der Waals surface area contributed by atoms with Crippen molar-refractivity contribution in [3.8, 4) is 0 Å². The molecule has 0 bridgehead atoms. The van der Waals surface area contributed by atoms with Gasteiger partial charge in [0, 0.05) is 32.2 Å². The van der Waals surface area contributed by atoms with Crippen molar-refractivity contribution < 1.29 is 22.4 Å². The number of amides is 1. The van der Waals surface area contributed by atoms with Crippen molar-refractivity contribution in [2.75, 3.05) is 32.1 Å². The summed E-state index contributed by atoms with van der Waals surface area (Å²) in [5, 5.41) is 0. The van der Waals surface area contributed by atoms with Gasteiger partial charge in [0.2, 0.25) is 15.9 Å². The molecule has 0 unspecified atom stereocenters. The fourth-order valence-electron chi connectivity index (χ4n) is 3.57. The first-order valence-electron chi connectivity index (χ1n) is 8.90. The van der Waals surface area contributed by atoms with Crippen LogP contribution in [-0.4, -0.2) is 51.3 Å². The number of carbonyl (C=O) groups is 1. The number of furan rings is 1. The molecule has 0 saturated carbocycles. The Morgan fingerprint density at radius 3 is 2.80 bits per heavy atom. The molecule has 3 rings (SSSR count). The molecular formula is C17H26N2O5S. The van der Waals surface area contributed by atoms with Crippen molar-refractivity contribution in [2.24, 2.45) is 11.8 Å². The van der Waals surface area contributed by atoms with Gasteiger partial charge >= 0.3 is 0 Å². The van der Waals surface area contributed by atoms with E-state index >= 15 is 0 Å². The first-order valence-corrected chi connectivity index (χ1v) is 10.5. The Hall–Kier alpha value is -1.38. The molecule has 1 atom stereocenters. The molecule has 0 spiro atoms. The molecule has 1 aromatic rings. The summed E-state index contributed by atoms with van der Waals surface area (Å²) in [4.78, 5) is 14.5. The zero-order valence-electron chi connectivity index (χ0n) is 14.4. The highest BCUT2D eigenvalue weighted by Gasteiger charge is 2.31. The molecule has 2 aliphatic heterocycles. The van der Waals surface area contributed by atoms with Crippen LogP contribution in [0.3, 0.4) is 0 Å². The molecule has 1 N–H and O–H groups in total. The molecule has 140 valence electrons. The van der Waals surface area contributed by atoms with E-state index in [9.17, 15) is 13.2 Å². The SMILES string of the molecule is O=C(C1CCOCC1)N1CCC[C@@H](CS(=O)(=O)NCc2ccco2)C1. The van der Waals surface area contributed by atoms with Gasteiger partial charge in [-0.3, -0.25) is 4.79 Å². The van der Waals surface area contributed by atoms with E-state index in [0.29, 0.717) is 25.5 Å². The average molecular weight is 370 g/mol. The molecule has 2 aliphatic rings. The monoisotopic (exact) mass is 370 g/mol. The largest absolute Gasteiger partial charge is 0.468 e. The van der Waals surface area contributed by atoms with Crippen LogP contribution in [0.25, 0.3) is 0 Å². The van der Waals surface area contributed by atoms with Gasteiger partial charge < -0.3 is 14.1 Å². The van der Waals surface area contributed by atoms with E-state index in [0.717, 1.165) is 32.2 Å². The number of rotatable bonds is 6. The fourth-order valence-corrected chi connectivity index (χ4v) is 4.94. The summed E-state index contributed by atoms with van der Waals surface area (Å²) in [6.45, 7) is 2.69. The summed E-state index contributed by atoms with van der Waals surface area (Å²) in [6, 6.07) is 3.46. The highest BCUT2D eigenvalue weighted by Crippen LogP contribution is 2.23. The topological polar surface area (TPSA) is 88.8 Å². The quantitative estimate of drug-likeness (QED) is 0.817. The van der Waals surface area contributed by atoms with E-state index in [1.807, 2.05) is 4.90 Å². The number of piperidine rings is 1. The highest BCUT2D eigenvalue weighted by molar-refractivity contribution is 7.89. The lowest BCUT2D eigenvalue weighted by Crippen LogP contribution is -2.46. The molecule has 2 fully saturated rings. The lowest BCUT2D eigenvalue weighted by molar-refractivity contribution is -0.140. The van der Waals surface area contributed by atoms with Gasteiger partial charge in [0.15, 0.2) is 0 Å². The smallest absolute Gasteiger partial charge is 0.225 e. The van der Waals surface area contributed by atoms with Crippen molar-refractivity contribution in [1.29, 1.82) is 0 Å². The van der Waals surface area contributed by atoms with Crippen molar-refractivity contribution in [3.63, 3.8) is 0 Å². The minimum atomic E-state index is -3.40. The van der Waals surface area contributed by atoms with E-state index in [1.54, 1.807) is 12.1 Å². The van der Waals surface area contributed by atoms with Gasteiger partial charge in [-0.15, -0.1) is 0 Å². The molecule has 25 heavy (non-hydrogen) atoms. The van der Waals surface area contributed by atoms with Crippen molar-refractivity contribution in [3.05, 3.63) is 24.2 Å². The van der Waals surface area contributed by atoms with Crippen molar-refractivity contribution >= 4 is 15.9 Å². The van der Waals surface area contributed by atoms with Crippen LogP contribution in [0.2, 0.25) is 0 Å². The maximum atomic E-state index is 12.6. The standard InChI is InChI=1S/C17H26N2O5S/c20-17(15-5-9-23-10-6-15)19-7-1-3-14(12-19)13-25(21,22)18-11-16-4-2-8-24-16/h2,4,8,14-15,18H,1,3,5-7,9-13H2/t14-/m1/s1. The predicted octanol–water partition coefficient (Wildman–Crippen LogP) is 1.36. The highest BCUT2D eigenvalue weighted by atomic mass is 32.2. The Bertz CT molecular complexity index is 653. The second-order valence-electron chi connectivity index (χ2n) is 6.86. The first-order chi connectivity index (χ1) is 12.0. The molecule has 3 heterocycles. The molecule has 2 saturated heterocycles. The van der Waals surface area contributed by atoms with Gasteiger partial charge in [0.05, 0.1) is 18.6 Å². The van der Waals surface area contributed by atoms with Gasteiger partial charge in [-0.25, -0.2) is 13.1 Å². The molecule has 0 radical (unpaired) electrons. The van der Waals surface area contributed by atoms with Crippen LogP contribution in [0.5, 0.6) is 0 Å². The predicted molar refractivity (Wildman–Crippen MR) is 92.2 cm³/mol. The van der Waals surface area contributed by atoms with Gasteiger partial charge in [-0.2, -0.15) is 0 Å². The minimum Gasteiger partial charge on any atom is -0.468 e. The van der Waals surface area contributed by atoms with Crippen LogP contribution in [0.15, 0.2) is 22.8 Å². The van der Waals surface area contributed by atoms with Gasteiger partial charge in [-0.1, -0.05) is 0 Å². The average Bonchev–Trinajstić information content (AvgIpc) is 3.14. The third-order valence-electron chi connectivity index (χ3n) is 4.90. The molecule has 0 aliphatic carbocycles. The number of likely N-dealkylation sites (tertiary alicyclic amines) is 1. The number of nitrogens with zero attached hydrogens (tertiary/aromatic N) is 1. The second kappa shape index (κ2) is 8.33. The Labute approximate surface area is 148 Å². The summed E-state index contributed by atoms with van der Waals surface area (Å²) in [5.74, 6) is 0.802. The number of hydrogen-bond donors (Lipinski definition) is 1. The summed E-state index contributed by atoms with van der Waals surface area (Å²) < 4.78 is 37.6. The van der Waals surface area contributed by atoms with Gasteiger partial charge in [0.25, 0.3) is 0 Å². The Balaban J connectivity index is 1.51. The zero-order valence-corrected chi connectivity index (χ0v) is 15.2. The normalized spacial score (nSPS) is 22.9. The summed E-state index contributed by atoms with van der Waals surface area (Å²) in [5.41, 5.74) is 0. The van der Waals surface area contributed by atoms with E-state index in [1.165, 1.54) is 6.26 Å². The van der Waals surface area contributed by atoms with Crippen LogP contribution < -0.4 is 4.72 Å². The van der Waals surface area contributed by atoms with E-state index < -0.39 is 10.0 Å². The molecule has 1 aromatic heterocycles. The van der Waals surface area contributed by atoms with E-state index in [4.69, 9.17) is 9.15 Å². The molecule has 8 heteroatoms. The van der Waals surface area contributed by atoms with Crippen LogP contribution >= 0.6 is 0 Å². The maximum absolute atomic E-state index is 12.6.